The van der Waals surface area contributed by atoms with E-state index in [0.717, 1.165) is 32.1 Å². The first kappa shape index (κ1) is 15.3. The summed E-state index contributed by atoms with van der Waals surface area (Å²) in [4.78, 5) is 21.3. The van der Waals surface area contributed by atoms with E-state index in [2.05, 4.69) is 9.98 Å². The maximum atomic E-state index is 11.2. The highest BCUT2D eigenvalue weighted by atomic mass is 16.6. The van der Waals surface area contributed by atoms with Crippen molar-refractivity contribution in [2.24, 2.45) is 21.5 Å². The minimum atomic E-state index is -0.586. The number of anilines is 1. The van der Waals surface area contributed by atoms with Crippen molar-refractivity contribution in [2.75, 3.05) is 4.90 Å². The fraction of sp³-hybridized carbons (Fsp3) is 0.467. The van der Waals surface area contributed by atoms with E-state index >= 15 is 0 Å². The largest absolute Gasteiger partial charge is 0.369 e. The summed E-state index contributed by atoms with van der Waals surface area (Å²) in [5, 5.41) is 11.2. The van der Waals surface area contributed by atoms with Gasteiger partial charge in [-0.15, -0.1) is 0 Å². The minimum Gasteiger partial charge on any atom is -0.369 e. The number of aryl methyl sites for hydroxylation is 1. The Labute approximate surface area is 134 Å². The average molecular weight is 316 g/mol. The summed E-state index contributed by atoms with van der Waals surface area (Å²) in [6, 6.07) is 5.07. The van der Waals surface area contributed by atoms with Crippen molar-refractivity contribution in [3.05, 3.63) is 33.9 Å². The van der Waals surface area contributed by atoms with Gasteiger partial charge in [0.05, 0.1) is 10.6 Å². The molecular formula is C15H20N6O2. The summed E-state index contributed by atoms with van der Waals surface area (Å²) in [6.07, 6.45) is 4.75. The van der Waals surface area contributed by atoms with Crippen LogP contribution in [-0.4, -0.2) is 22.5 Å². The second-order valence-corrected chi connectivity index (χ2v) is 6.05. The fourth-order valence-corrected chi connectivity index (χ4v) is 3.43. The van der Waals surface area contributed by atoms with Crippen LogP contribution in [0, 0.1) is 17.0 Å². The highest BCUT2D eigenvalue weighted by Gasteiger charge is 2.42. The molecule has 0 radical (unpaired) electrons. The van der Waals surface area contributed by atoms with Crippen molar-refractivity contribution in [3.8, 4) is 0 Å². The van der Waals surface area contributed by atoms with Gasteiger partial charge < -0.3 is 11.5 Å². The fourth-order valence-electron chi connectivity index (χ4n) is 3.43. The number of rotatable bonds is 2. The SMILES string of the molecule is Cc1ccc(N2C(N)=NC(N)=NC23CCCCC3)cc1[N+](=O)[O-]. The Bertz CT molecular complexity index is 706. The zero-order valence-corrected chi connectivity index (χ0v) is 13.0. The molecule has 0 amide bonds. The first-order chi connectivity index (χ1) is 10.9. The van der Waals surface area contributed by atoms with Crippen molar-refractivity contribution in [1.29, 1.82) is 0 Å². The lowest BCUT2D eigenvalue weighted by Gasteiger charge is -2.45. The lowest BCUT2D eigenvalue weighted by Crippen LogP contribution is -2.58. The number of guanidine groups is 2. The van der Waals surface area contributed by atoms with Gasteiger partial charge in [0, 0.05) is 11.6 Å². The molecule has 1 saturated carbocycles. The Kier molecular flexibility index (Phi) is 3.67. The Morgan fingerprint density at radius 1 is 1.26 bits per heavy atom. The Morgan fingerprint density at radius 2 is 1.96 bits per heavy atom. The van der Waals surface area contributed by atoms with Gasteiger partial charge in [-0.05, 0) is 38.7 Å². The van der Waals surface area contributed by atoms with Gasteiger partial charge in [0.1, 0.15) is 5.66 Å². The maximum Gasteiger partial charge on any atom is 0.274 e. The zero-order valence-electron chi connectivity index (χ0n) is 13.0. The van der Waals surface area contributed by atoms with E-state index in [1.807, 2.05) is 6.07 Å². The van der Waals surface area contributed by atoms with E-state index in [4.69, 9.17) is 11.5 Å². The summed E-state index contributed by atoms with van der Waals surface area (Å²) in [5.74, 6) is 0.403. The van der Waals surface area contributed by atoms with Crippen molar-refractivity contribution >= 4 is 23.3 Å². The van der Waals surface area contributed by atoms with Crippen LogP contribution in [0.25, 0.3) is 0 Å². The molecule has 8 nitrogen and oxygen atoms in total. The molecule has 1 aromatic rings. The predicted octanol–water partition coefficient (Wildman–Crippen LogP) is 2.01. The molecule has 1 aliphatic carbocycles. The minimum absolute atomic E-state index is 0.0591. The quantitative estimate of drug-likeness (QED) is 0.638. The van der Waals surface area contributed by atoms with Gasteiger partial charge in [0.15, 0.2) is 0 Å². The molecule has 1 spiro atoms. The van der Waals surface area contributed by atoms with Gasteiger partial charge in [-0.25, -0.2) is 4.99 Å². The number of aliphatic imine (C=N–C) groups is 2. The number of nitrogens with two attached hydrogens (primary N) is 2. The number of nitro benzene ring substituents is 1. The molecule has 1 aromatic carbocycles. The van der Waals surface area contributed by atoms with Crippen LogP contribution in [0.5, 0.6) is 0 Å². The molecule has 8 heteroatoms. The van der Waals surface area contributed by atoms with E-state index in [0.29, 0.717) is 11.3 Å². The lowest BCUT2D eigenvalue weighted by atomic mass is 9.87. The first-order valence-corrected chi connectivity index (χ1v) is 7.68. The maximum absolute atomic E-state index is 11.2. The molecule has 3 rings (SSSR count). The smallest absolute Gasteiger partial charge is 0.274 e. The molecule has 1 heterocycles. The highest BCUT2D eigenvalue weighted by molar-refractivity contribution is 6.05. The van der Waals surface area contributed by atoms with Gasteiger partial charge in [-0.3, -0.25) is 15.0 Å². The third-order valence-electron chi connectivity index (χ3n) is 4.50. The van der Waals surface area contributed by atoms with Gasteiger partial charge in [0.25, 0.3) is 5.69 Å². The summed E-state index contributed by atoms with van der Waals surface area (Å²) in [5.41, 5.74) is 12.6. The van der Waals surface area contributed by atoms with Crippen LogP contribution in [0.4, 0.5) is 11.4 Å². The van der Waals surface area contributed by atoms with Crippen molar-refractivity contribution < 1.29 is 4.92 Å². The Morgan fingerprint density at radius 3 is 2.61 bits per heavy atom. The molecule has 0 aromatic heterocycles. The summed E-state index contributed by atoms with van der Waals surface area (Å²) in [7, 11) is 0. The molecule has 4 N–H and O–H groups in total. The Hall–Kier alpha value is -2.64. The lowest BCUT2D eigenvalue weighted by molar-refractivity contribution is -0.385. The topological polar surface area (TPSA) is 123 Å². The van der Waals surface area contributed by atoms with Crippen LogP contribution in [0.15, 0.2) is 28.2 Å². The Balaban J connectivity index is 2.10. The second-order valence-electron chi connectivity index (χ2n) is 6.05. The van der Waals surface area contributed by atoms with E-state index in [9.17, 15) is 10.1 Å². The van der Waals surface area contributed by atoms with Gasteiger partial charge in [0.2, 0.25) is 11.9 Å². The molecule has 122 valence electrons. The molecule has 0 saturated heterocycles. The average Bonchev–Trinajstić information content (AvgIpc) is 2.48. The van der Waals surface area contributed by atoms with Gasteiger partial charge in [-0.2, -0.15) is 4.99 Å². The van der Waals surface area contributed by atoms with Crippen molar-refractivity contribution in [3.63, 3.8) is 0 Å². The van der Waals surface area contributed by atoms with Crippen LogP contribution < -0.4 is 16.4 Å². The molecule has 1 fully saturated rings. The molecular weight excluding hydrogens is 296 g/mol. The molecule has 0 atom stereocenters. The molecule has 0 bridgehead atoms. The number of nitro groups is 1. The van der Waals surface area contributed by atoms with Crippen LogP contribution in [0.3, 0.4) is 0 Å². The van der Waals surface area contributed by atoms with E-state index in [-0.39, 0.29) is 22.5 Å². The summed E-state index contributed by atoms with van der Waals surface area (Å²) in [6.45, 7) is 1.71. The number of benzene rings is 1. The first-order valence-electron chi connectivity index (χ1n) is 7.68. The molecule has 23 heavy (non-hydrogen) atoms. The third kappa shape index (κ3) is 2.60. The number of nitrogens with zero attached hydrogens (tertiary/aromatic N) is 4. The second kappa shape index (κ2) is 5.53. The molecule has 0 unspecified atom stereocenters. The van der Waals surface area contributed by atoms with E-state index < -0.39 is 5.66 Å². The van der Waals surface area contributed by atoms with Gasteiger partial charge >= 0.3 is 0 Å². The normalized spacial score (nSPS) is 20.1. The monoisotopic (exact) mass is 316 g/mol. The number of hydrogen-bond acceptors (Lipinski definition) is 7. The zero-order chi connectivity index (χ0) is 16.6. The summed E-state index contributed by atoms with van der Waals surface area (Å²) >= 11 is 0. The summed E-state index contributed by atoms with van der Waals surface area (Å²) < 4.78 is 0. The van der Waals surface area contributed by atoms with Gasteiger partial charge in [-0.1, -0.05) is 12.5 Å². The van der Waals surface area contributed by atoms with E-state index in [1.54, 1.807) is 17.9 Å². The molecule has 1 aliphatic heterocycles. The van der Waals surface area contributed by atoms with Crippen LogP contribution >= 0.6 is 0 Å². The standard InChI is InChI=1S/C15H20N6O2/c1-10-5-6-11(9-12(10)21(22)23)20-14(17)18-13(16)19-15(20)7-3-2-4-8-15/h5-6,9H,2-4,7-8H2,1H3,(H4,16,17,18,19). The van der Waals surface area contributed by atoms with Crippen LogP contribution in [0.1, 0.15) is 37.7 Å². The van der Waals surface area contributed by atoms with Crippen molar-refractivity contribution in [2.45, 2.75) is 44.7 Å². The van der Waals surface area contributed by atoms with Crippen LogP contribution in [0.2, 0.25) is 0 Å². The number of hydrogen-bond donors (Lipinski definition) is 2. The third-order valence-corrected chi connectivity index (χ3v) is 4.50. The predicted molar refractivity (Wildman–Crippen MR) is 89.4 cm³/mol. The van der Waals surface area contributed by atoms with Crippen LogP contribution in [-0.2, 0) is 0 Å². The van der Waals surface area contributed by atoms with Crippen molar-refractivity contribution in [1.82, 2.24) is 0 Å². The molecule has 2 aliphatic rings. The van der Waals surface area contributed by atoms with E-state index in [1.165, 1.54) is 6.07 Å². The highest BCUT2D eigenvalue weighted by Crippen LogP contribution is 2.40.